The summed E-state index contributed by atoms with van der Waals surface area (Å²) >= 11 is 5.85. The molecule has 1 aromatic rings. The fourth-order valence-corrected chi connectivity index (χ4v) is 2.15. The summed E-state index contributed by atoms with van der Waals surface area (Å²) in [5, 5.41) is 0.280. The molecule has 4 nitrogen and oxygen atoms in total. The SMILES string of the molecule is COC(=O)c1cc(S(C)(O)OC)ccc1Cl. The Morgan fingerprint density at radius 3 is 2.56 bits per heavy atom. The van der Waals surface area contributed by atoms with Gasteiger partial charge in [-0.05, 0) is 18.2 Å². The summed E-state index contributed by atoms with van der Waals surface area (Å²) < 4.78 is 19.5. The molecule has 0 amide bonds. The highest BCUT2D eigenvalue weighted by Gasteiger charge is 2.17. The summed E-state index contributed by atoms with van der Waals surface area (Å²) in [6.07, 6.45) is 1.55. The normalized spacial score (nSPS) is 16.3. The third kappa shape index (κ3) is 2.68. The standard InChI is InChI=1S/C10H13ClO4S/c1-14-10(12)8-6-7(4-5-9(8)11)16(3,13)15-2/h4-6,13H,1-3H3. The van der Waals surface area contributed by atoms with E-state index in [-0.39, 0.29) is 10.6 Å². The average Bonchev–Trinajstić information content (AvgIpc) is 2.28. The quantitative estimate of drug-likeness (QED) is 0.853. The van der Waals surface area contributed by atoms with Gasteiger partial charge in [0, 0.05) is 6.26 Å². The lowest BCUT2D eigenvalue weighted by molar-refractivity contribution is 0.0600. The maximum atomic E-state index is 11.4. The summed E-state index contributed by atoms with van der Waals surface area (Å²) in [7, 11) is 0.329. The lowest BCUT2D eigenvalue weighted by atomic mass is 10.2. The van der Waals surface area contributed by atoms with Crippen molar-refractivity contribution in [3.8, 4) is 0 Å². The molecule has 0 aliphatic rings. The number of esters is 1. The van der Waals surface area contributed by atoms with Crippen LogP contribution >= 0.6 is 22.2 Å². The van der Waals surface area contributed by atoms with Crippen LogP contribution in [0.4, 0.5) is 0 Å². The molecule has 0 aliphatic heterocycles. The van der Waals surface area contributed by atoms with Crippen LogP contribution in [0.1, 0.15) is 10.4 Å². The molecule has 0 aromatic heterocycles. The largest absolute Gasteiger partial charge is 0.465 e. The minimum absolute atomic E-state index is 0.214. The van der Waals surface area contributed by atoms with Gasteiger partial charge in [-0.25, -0.2) is 4.79 Å². The molecule has 0 bridgehead atoms. The van der Waals surface area contributed by atoms with Crippen LogP contribution in [-0.2, 0) is 8.92 Å². The molecule has 1 aromatic carbocycles. The van der Waals surface area contributed by atoms with Crippen molar-refractivity contribution in [1.29, 1.82) is 0 Å². The minimum Gasteiger partial charge on any atom is -0.465 e. The van der Waals surface area contributed by atoms with Crippen LogP contribution in [0.25, 0.3) is 0 Å². The van der Waals surface area contributed by atoms with Crippen LogP contribution < -0.4 is 0 Å². The highest BCUT2D eigenvalue weighted by Crippen LogP contribution is 2.49. The van der Waals surface area contributed by atoms with E-state index in [0.29, 0.717) is 4.90 Å². The fraction of sp³-hybridized carbons (Fsp3) is 0.300. The Morgan fingerprint density at radius 1 is 1.44 bits per heavy atom. The van der Waals surface area contributed by atoms with Gasteiger partial charge in [0.25, 0.3) is 0 Å². The van der Waals surface area contributed by atoms with Gasteiger partial charge in [0.05, 0.1) is 29.7 Å². The molecule has 0 heterocycles. The lowest BCUT2D eigenvalue weighted by Gasteiger charge is -2.32. The van der Waals surface area contributed by atoms with E-state index in [9.17, 15) is 9.35 Å². The van der Waals surface area contributed by atoms with Gasteiger partial charge >= 0.3 is 5.97 Å². The van der Waals surface area contributed by atoms with E-state index in [1.54, 1.807) is 12.3 Å². The zero-order valence-corrected chi connectivity index (χ0v) is 10.8. The zero-order chi connectivity index (χ0) is 12.3. The van der Waals surface area contributed by atoms with Crippen LogP contribution in [0.15, 0.2) is 23.1 Å². The second kappa shape index (κ2) is 5.05. The van der Waals surface area contributed by atoms with Crippen LogP contribution in [0, 0.1) is 0 Å². The Bertz CT molecular complexity index is 406. The molecule has 0 saturated heterocycles. The monoisotopic (exact) mass is 264 g/mol. The molecular formula is C10H13ClO4S. The van der Waals surface area contributed by atoms with E-state index >= 15 is 0 Å². The number of rotatable bonds is 3. The minimum atomic E-state index is -2.35. The first-order valence-electron chi connectivity index (χ1n) is 4.36. The summed E-state index contributed by atoms with van der Waals surface area (Å²) in [5.41, 5.74) is 0.214. The fourth-order valence-electron chi connectivity index (χ4n) is 1.10. The highest BCUT2D eigenvalue weighted by molar-refractivity contribution is 8.24. The molecule has 0 aliphatic carbocycles. The molecular weight excluding hydrogens is 252 g/mol. The van der Waals surface area contributed by atoms with Crippen molar-refractivity contribution in [2.45, 2.75) is 4.90 Å². The number of hydrogen-bond donors (Lipinski definition) is 1. The number of ether oxygens (including phenoxy) is 1. The van der Waals surface area contributed by atoms with E-state index in [1.807, 2.05) is 0 Å². The van der Waals surface area contributed by atoms with E-state index < -0.39 is 16.6 Å². The molecule has 0 spiro atoms. The molecule has 1 N–H and O–H groups in total. The van der Waals surface area contributed by atoms with Gasteiger partial charge in [-0.15, -0.1) is 0 Å². The van der Waals surface area contributed by atoms with E-state index in [4.69, 9.17) is 15.8 Å². The predicted molar refractivity (Wildman–Crippen MR) is 64.2 cm³/mol. The van der Waals surface area contributed by atoms with E-state index in [0.717, 1.165) is 0 Å². The molecule has 1 unspecified atom stereocenters. The molecule has 90 valence electrons. The number of carbonyl (C=O) groups excluding carboxylic acids is 1. The van der Waals surface area contributed by atoms with Crippen molar-refractivity contribution in [2.24, 2.45) is 0 Å². The molecule has 0 fully saturated rings. The van der Waals surface area contributed by atoms with Crippen molar-refractivity contribution in [3.63, 3.8) is 0 Å². The summed E-state index contributed by atoms with van der Waals surface area (Å²) in [5.74, 6) is -0.543. The Balaban J connectivity index is 3.22. The van der Waals surface area contributed by atoms with Crippen molar-refractivity contribution < 1.29 is 18.3 Å². The second-order valence-electron chi connectivity index (χ2n) is 3.10. The maximum absolute atomic E-state index is 11.4. The summed E-state index contributed by atoms with van der Waals surface area (Å²) in [4.78, 5) is 11.9. The third-order valence-corrected chi connectivity index (χ3v) is 4.21. The van der Waals surface area contributed by atoms with Crippen molar-refractivity contribution in [2.75, 3.05) is 20.5 Å². The predicted octanol–water partition coefficient (Wildman–Crippen LogP) is 2.95. The topological polar surface area (TPSA) is 55.8 Å². The Hall–Kier alpha value is -0.750. The number of benzene rings is 1. The van der Waals surface area contributed by atoms with E-state index in [1.165, 1.54) is 26.4 Å². The van der Waals surface area contributed by atoms with Crippen LogP contribution in [0.2, 0.25) is 5.02 Å². The van der Waals surface area contributed by atoms with Crippen molar-refractivity contribution in [1.82, 2.24) is 0 Å². The van der Waals surface area contributed by atoms with Gasteiger partial charge in [-0.3, -0.25) is 8.74 Å². The molecule has 16 heavy (non-hydrogen) atoms. The third-order valence-electron chi connectivity index (χ3n) is 2.11. The zero-order valence-electron chi connectivity index (χ0n) is 9.19. The van der Waals surface area contributed by atoms with E-state index in [2.05, 4.69) is 4.74 Å². The molecule has 6 heteroatoms. The first-order valence-corrected chi connectivity index (χ1v) is 6.66. The Kier molecular flexibility index (Phi) is 4.21. The van der Waals surface area contributed by atoms with Crippen molar-refractivity contribution >= 4 is 28.2 Å². The van der Waals surface area contributed by atoms with Gasteiger partial charge in [-0.2, -0.15) is 10.6 Å². The average molecular weight is 265 g/mol. The first kappa shape index (κ1) is 13.3. The second-order valence-corrected chi connectivity index (χ2v) is 5.92. The van der Waals surface area contributed by atoms with Crippen molar-refractivity contribution in [3.05, 3.63) is 28.8 Å². The van der Waals surface area contributed by atoms with Gasteiger partial charge in [0.2, 0.25) is 0 Å². The molecule has 0 radical (unpaired) electrons. The summed E-state index contributed by atoms with van der Waals surface area (Å²) in [6, 6.07) is 4.63. The first-order chi connectivity index (χ1) is 7.42. The van der Waals surface area contributed by atoms with Crippen LogP contribution in [0.3, 0.4) is 0 Å². The highest BCUT2D eigenvalue weighted by atomic mass is 35.5. The number of methoxy groups -OCH3 is 1. The Morgan fingerprint density at radius 2 is 2.06 bits per heavy atom. The number of carbonyl (C=O) groups is 1. The summed E-state index contributed by atoms with van der Waals surface area (Å²) in [6.45, 7) is 0. The maximum Gasteiger partial charge on any atom is 0.339 e. The van der Waals surface area contributed by atoms with Gasteiger partial charge in [-0.1, -0.05) is 11.6 Å². The number of hydrogen-bond acceptors (Lipinski definition) is 4. The van der Waals surface area contributed by atoms with Gasteiger partial charge < -0.3 is 4.74 Å². The molecule has 1 atom stereocenters. The smallest absolute Gasteiger partial charge is 0.339 e. The van der Waals surface area contributed by atoms with Crippen LogP contribution in [0.5, 0.6) is 0 Å². The van der Waals surface area contributed by atoms with Crippen LogP contribution in [-0.4, -0.2) is 31.0 Å². The van der Waals surface area contributed by atoms with Gasteiger partial charge in [0.15, 0.2) is 0 Å². The van der Waals surface area contributed by atoms with Gasteiger partial charge in [0.1, 0.15) is 0 Å². The number of halogens is 1. The molecule has 1 rings (SSSR count). The Labute approximate surface area is 101 Å². The molecule has 0 saturated carbocycles. The lowest BCUT2D eigenvalue weighted by Crippen LogP contribution is -2.05.